The van der Waals surface area contributed by atoms with E-state index in [-0.39, 0.29) is 0 Å². The normalized spacial score (nSPS) is 24.3. The van der Waals surface area contributed by atoms with E-state index in [0.717, 1.165) is 25.1 Å². The minimum atomic E-state index is 0.716. The lowest BCUT2D eigenvalue weighted by Gasteiger charge is -2.38. The van der Waals surface area contributed by atoms with Crippen LogP contribution >= 0.6 is 0 Å². The Morgan fingerprint density at radius 2 is 1.89 bits per heavy atom. The fraction of sp³-hybridized carbons (Fsp3) is 1.00. The van der Waals surface area contributed by atoms with Gasteiger partial charge in [-0.25, -0.2) is 0 Å². The Bertz CT molecular complexity index is 219. The average Bonchev–Trinajstić information content (AvgIpc) is 2.46. The number of nitrogens with zero attached hydrogens (tertiary/aromatic N) is 1. The highest BCUT2D eigenvalue weighted by Crippen LogP contribution is 2.26. The van der Waals surface area contributed by atoms with Crippen LogP contribution in [0.4, 0.5) is 0 Å². The maximum absolute atomic E-state index is 5.30. The molecule has 3 nitrogen and oxygen atoms in total. The quantitative estimate of drug-likeness (QED) is 0.697. The molecule has 2 atom stereocenters. The van der Waals surface area contributed by atoms with Crippen molar-refractivity contribution in [3.05, 3.63) is 0 Å². The summed E-state index contributed by atoms with van der Waals surface area (Å²) >= 11 is 0. The molecule has 3 heteroatoms. The molecule has 19 heavy (non-hydrogen) atoms. The Labute approximate surface area is 120 Å². The zero-order valence-electron chi connectivity index (χ0n) is 13.5. The summed E-state index contributed by atoms with van der Waals surface area (Å²) in [6, 6.07) is 1.43. The van der Waals surface area contributed by atoms with Gasteiger partial charge in [0.15, 0.2) is 0 Å². The molecule has 0 spiro atoms. The molecule has 0 aromatic heterocycles. The highest BCUT2D eigenvalue weighted by molar-refractivity contribution is 4.84. The van der Waals surface area contributed by atoms with E-state index in [0.29, 0.717) is 6.04 Å². The molecule has 1 aliphatic rings. The van der Waals surface area contributed by atoms with Crippen molar-refractivity contribution in [3.63, 3.8) is 0 Å². The Kier molecular flexibility index (Phi) is 8.67. The van der Waals surface area contributed by atoms with Crippen LogP contribution in [0.15, 0.2) is 0 Å². The molecule has 0 saturated heterocycles. The van der Waals surface area contributed by atoms with Gasteiger partial charge >= 0.3 is 0 Å². The molecule has 2 unspecified atom stereocenters. The number of methoxy groups -OCH3 is 1. The van der Waals surface area contributed by atoms with Crippen molar-refractivity contribution in [2.45, 2.75) is 64.5 Å². The Morgan fingerprint density at radius 3 is 2.47 bits per heavy atom. The van der Waals surface area contributed by atoms with Crippen molar-refractivity contribution in [2.24, 2.45) is 5.92 Å². The van der Waals surface area contributed by atoms with Crippen LogP contribution in [0.1, 0.15) is 52.4 Å². The molecule has 0 heterocycles. The lowest BCUT2D eigenvalue weighted by molar-refractivity contribution is 0.0860. The summed E-state index contributed by atoms with van der Waals surface area (Å²) in [6.45, 7) is 7.79. The first kappa shape index (κ1) is 16.9. The third kappa shape index (κ3) is 5.41. The van der Waals surface area contributed by atoms with Gasteiger partial charge in [-0.05, 0) is 38.6 Å². The maximum atomic E-state index is 5.30. The van der Waals surface area contributed by atoms with Crippen LogP contribution in [0.3, 0.4) is 0 Å². The molecule has 1 aliphatic carbocycles. The molecule has 1 fully saturated rings. The van der Waals surface area contributed by atoms with Gasteiger partial charge in [-0.1, -0.05) is 26.7 Å². The van der Waals surface area contributed by atoms with E-state index in [1.54, 1.807) is 0 Å². The molecule has 1 N–H and O–H groups in total. The summed E-state index contributed by atoms with van der Waals surface area (Å²) < 4.78 is 5.30. The highest BCUT2D eigenvalue weighted by Gasteiger charge is 2.27. The molecular formula is C16H34N2O. The van der Waals surface area contributed by atoms with Crippen molar-refractivity contribution in [1.82, 2.24) is 10.2 Å². The lowest BCUT2D eigenvalue weighted by atomic mass is 9.84. The van der Waals surface area contributed by atoms with Gasteiger partial charge in [0, 0.05) is 32.3 Å². The van der Waals surface area contributed by atoms with Crippen molar-refractivity contribution in [2.75, 3.05) is 33.9 Å². The van der Waals surface area contributed by atoms with Gasteiger partial charge in [0.1, 0.15) is 0 Å². The van der Waals surface area contributed by atoms with E-state index in [4.69, 9.17) is 4.74 Å². The summed E-state index contributed by atoms with van der Waals surface area (Å²) in [4.78, 5) is 2.67. The molecule has 1 rings (SSSR count). The summed E-state index contributed by atoms with van der Waals surface area (Å²) in [5.74, 6) is 0.816. The maximum Gasteiger partial charge on any atom is 0.0589 e. The third-order valence-corrected chi connectivity index (χ3v) is 4.79. The van der Waals surface area contributed by atoms with Crippen LogP contribution in [0.2, 0.25) is 0 Å². The van der Waals surface area contributed by atoms with Gasteiger partial charge in [0.2, 0.25) is 0 Å². The molecule has 0 aliphatic heterocycles. The van der Waals surface area contributed by atoms with Crippen LogP contribution in [-0.2, 0) is 4.74 Å². The topological polar surface area (TPSA) is 24.5 Å². The number of hydrogen-bond donors (Lipinski definition) is 1. The second-order valence-corrected chi connectivity index (χ2v) is 5.90. The summed E-state index contributed by atoms with van der Waals surface area (Å²) in [5, 5.41) is 3.53. The first-order chi connectivity index (χ1) is 9.26. The van der Waals surface area contributed by atoms with Crippen LogP contribution in [0.5, 0.6) is 0 Å². The van der Waals surface area contributed by atoms with E-state index in [2.05, 4.69) is 31.1 Å². The lowest BCUT2D eigenvalue weighted by Crippen LogP contribution is -2.46. The first-order valence-electron chi connectivity index (χ1n) is 8.17. The van der Waals surface area contributed by atoms with Gasteiger partial charge in [0.25, 0.3) is 0 Å². The van der Waals surface area contributed by atoms with E-state index in [1.165, 1.54) is 45.1 Å². The summed E-state index contributed by atoms with van der Waals surface area (Å²) in [5.41, 5.74) is 0. The van der Waals surface area contributed by atoms with Gasteiger partial charge in [0.05, 0.1) is 6.61 Å². The van der Waals surface area contributed by atoms with Crippen molar-refractivity contribution in [1.29, 1.82) is 0 Å². The van der Waals surface area contributed by atoms with Gasteiger partial charge in [-0.2, -0.15) is 0 Å². The van der Waals surface area contributed by atoms with E-state index < -0.39 is 0 Å². The zero-order valence-corrected chi connectivity index (χ0v) is 13.5. The molecule has 0 aromatic rings. The van der Waals surface area contributed by atoms with Gasteiger partial charge < -0.3 is 10.1 Å². The summed E-state index contributed by atoms with van der Waals surface area (Å²) in [7, 11) is 3.93. The highest BCUT2D eigenvalue weighted by atomic mass is 16.5. The molecule has 0 bridgehead atoms. The largest absolute Gasteiger partial charge is 0.383 e. The van der Waals surface area contributed by atoms with Crippen LogP contribution in [-0.4, -0.2) is 50.8 Å². The minimum Gasteiger partial charge on any atom is -0.383 e. The monoisotopic (exact) mass is 270 g/mol. The van der Waals surface area contributed by atoms with Gasteiger partial charge in [-0.3, -0.25) is 4.90 Å². The zero-order chi connectivity index (χ0) is 14.1. The predicted octanol–water partition coefficient (Wildman–Crippen LogP) is 2.90. The minimum absolute atomic E-state index is 0.716. The summed E-state index contributed by atoms with van der Waals surface area (Å²) in [6.07, 6.45) is 8.03. The number of nitrogens with one attached hydrogen (secondary N) is 1. The molecule has 0 amide bonds. The van der Waals surface area contributed by atoms with Gasteiger partial charge in [-0.15, -0.1) is 0 Å². The van der Waals surface area contributed by atoms with Crippen LogP contribution in [0, 0.1) is 5.92 Å². The van der Waals surface area contributed by atoms with Crippen LogP contribution < -0.4 is 5.32 Å². The fourth-order valence-electron chi connectivity index (χ4n) is 3.54. The van der Waals surface area contributed by atoms with Crippen molar-refractivity contribution < 1.29 is 4.74 Å². The average molecular weight is 270 g/mol. The molecule has 1 saturated carbocycles. The fourth-order valence-corrected chi connectivity index (χ4v) is 3.54. The second-order valence-electron chi connectivity index (χ2n) is 5.90. The molecular weight excluding hydrogens is 236 g/mol. The first-order valence-corrected chi connectivity index (χ1v) is 8.17. The molecule has 0 radical (unpaired) electrons. The number of hydrogen-bond acceptors (Lipinski definition) is 3. The Balaban J connectivity index is 2.57. The smallest absolute Gasteiger partial charge is 0.0589 e. The standard InChI is InChI=1S/C16H34N2O/c1-5-15(6-2)18(11-12-19-4)13-14-9-7-8-10-16(14)17-3/h14-17H,5-13H2,1-4H3. The van der Waals surface area contributed by atoms with E-state index in [1.807, 2.05) is 7.11 Å². The third-order valence-electron chi connectivity index (χ3n) is 4.79. The van der Waals surface area contributed by atoms with Crippen molar-refractivity contribution in [3.8, 4) is 0 Å². The number of ether oxygens (including phenoxy) is 1. The van der Waals surface area contributed by atoms with E-state index in [9.17, 15) is 0 Å². The molecule has 114 valence electrons. The second kappa shape index (κ2) is 9.73. The van der Waals surface area contributed by atoms with Crippen molar-refractivity contribution >= 4 is 0 Å². The van der Waals surface area contributed by atoms with E-state index >= 15 is 0 Å². The molecule has 0 aromatic carbocycles. The predicted molar refractivity (Wildman–Crippen MR) is 82.6 cm³/mol. The Hall–Kier alpha value is -0.120. The SMILES string of the molecule is CCC(CC)N(CCOC)CC1CCCCC1NC. The Morgan fingerprint density at radius 1 is 1.21 bits per heavy atom. The van der Waals surface area contributed by atoms with Crippen LogP contribution in [0.25, 0.3) is 0 Å². The number of rotatable bonds is 9.